The monoisotopic (exact) mass is 358 g/mol. The summed E-state index contributed by atoms with van der Waals surface area (Å²) < 4.78 is 0. The lowest BCUT2D eigenvalue weighted by molar-refractivity contribution is -0.127. The number of carbonyl (C=O) groups is 2. The summed E-state index contributed by atoms with van der Waals surface area (Å²) in [5.41, 5.74) is 2.95. The van der Waals surface area contributed by atoms with E-state index in [1.165, 1.54) is 0 Å². The van der Waals surface area contributed by atoms with Crippen molar-refractivity contribution < 1.29 is 9.59 Å². The van der Waals surface area contributed by atoms with Crippen molar-refractivity contribution in [3.63, 3.8) is 0 Å². The molecule has 1 N–H and O–H groups in total. The SMILES string of the molecule is CCN(C(=O)CC(=O)NCCc1cccc(Cl)c1)c1cccc(C)c1. The molecule has 0 spiro atoms. The summed E-state index contributed by atoms with van der Waals surface area (Å²) in [5.74, 6) is -0.466. The highest BCUT2D eigenvalue weighted by atomic mass is 35.5. The van der Waals surface area contributed by atoms with Crippen LogP contribution in [-0.2, 0) is 16.0 Å². The Kier molecular flexibility index (Phi) is 7.02. The van der Waals surface area contributed by atoms with E-state index in [4.69, 9.17) is 11.6 Å². The summed E-state index contributed by atoms with van der Waals surface area (Å²) in [5, 5.41) is 3.47. The third-order valence-corrected chi connectivity index (χ3v) is 4.10. The molecule has 0 aromatic heterocycles. The Morgan fingerprint density at radius 1 is 1.12 bits per heavy atom. The molecule has 0 heterocycles. The minimum atomic E-state index is -0.266. The number of hydrogen-bond donors (Lipinski definition) is 1. The fourth-order valence-electron chi connectivity index (χ4n) is 2.63. The second-order valence-electron chi connectivity index (χ2n) is 5.88. The number of anilines is 1. The highest BCUT2D eigenvalue weighted by Crippen LogP contribution is 2.16. The molecule has 0 aliphatic rings. The molecule has 0 atom stereocenters. The molecule has 4 nitrogen and oxygen atoms in total. The Balaban J connectivity index is 1.85. The molecule has 132 valence electrons. The van der Waals surface area contributed by atoms with Gasteiger partial charge in [0, 0.05) is 23.8 Å². The van der Waals surface area contributed by atoms with Crippen molar-refractivity contribution in [2.24, 2.45) is 0 Å². The Hall–Kier alpha value is -2.33. The van der Waals surface area contributed by atoms with Crippen LogP contribution in [0.25, 0.3) is 0 Å². The third kappa shape index (κ3) is 5.91. The van der Waals surface area contributed by atoms with Gasteiger partial charge in [0.25, 0.3) is 0 Å². The smallest absolute Gasteiger partial charge is 0.236 e. The van der Waals surface area contributed by atoms with Crippen molar-refractivity contribution in [3.05, 3.63) is 64.7 Å². The maximum atomic E-state index is 12.4. The number of nitrogens with zero attached hydrogens (tertiary/aromatic N) is 1. The zero-order valence-corrected chi connectivity index (χ0v) is 15.3. The van der Waals surface area contributed by atoms with E-state index in [0.717, 1.165) is 16.8 Å². The van der Waals surface area contributed by atoms with E-state index in [1.807, 2.05) is 62.4 Å². The number of hydrogen-bond acceptors (Lipinski definition) is 2. The Morgan fingerprint density at radius 2 is 1.88 bits per heavy atom. The van der Waals surface area contributed by atoms with E-state index < -0.39 is 0 Å². The molecule has 2 amide bonds. The van der Waals surface area contributed by atoms with E-state index in [-0.39, 0.29) is 18.2 Å². The van der Waals surface area contributed by atoms with Gasteiger partial charge in [-0.05, 0) is 55.7 Å². The van der Waals surface area contributed by atoms with Crippen molar-refractivity contribution in [2.75, 3.05) is 18.0 Å². The molecule has 0 saturated heterocycles. The van der Waals surface area contributed by atoms with Crippen molar-refractivity contribution in [1.29, 1.82) is 0 Å². The van der Waals surface area contributed by atoms with Crippen LogP contribution in [0.4, 0.5) is 5.69 Å². The molecule has 25 heavy (non-hydrogen) atoms. The first-order valence-corrected chi connectivity index (χ1v) is 8.75. The fraction of sp³-hybridized carbons (Fsp3) is 0.300. The van der Waals surface area contributed by atoms with E-state index >= 15 is 0 Å². The second-order valence-corrected chi connectivity index (χ2v) is 6.32. The quantitative estimate of drug-likeness (QED) is 0.766. The molecule has 0 radical (unpaired) electrons. The Bertz CT molecular complexity index is 746. The van der Waals surface area contributed by atoms with E-state index in [2.05, 4.69) is 5.32 Å². The lowest BCUT2D eigenvalue weighted by Crippen LogP contribution is -2.36. The molecule has 0 aliphatic carbocycles. The Labute approximate surface area is 153 Å². The molecule has 0 bridgehead atoms. The molecule has 2 aromatic carbocycles. The topological polar surface area (TPSA) is 49.4 Å². The number of halogens is 1. The van der Waals surface area contributed by atoms with Crippen LogP contribution in [-0.4, -0.2) is 24.9 Å². The lowest BCUT2D eigenvalue weighted by Gasteiger charge is -2.21. The second kappa shape index (κ2) is 9.23. The summed E-state index contributed by atoms with van der Waals surface area (Å²) in [7, 11) is 0. The van der Waals surface area contributed by atoms with Gasteiger partial charge >= 0.3 is 0 Å². The van der Waals surface area contributed by atoms with Gasteiger partial charge in [-0.1, -0.05) is 35.9 Å². The third-order valence-electron chi connectivity index (χ3n) is 3.87. The minimum Gasteiger partial charge on any atom is -0.355 e. The van der Waals surface area contributed by atoms with Crippen LogP contribution >= 0.6 is 11.6 Å². The van der Waals surface area contributed by atoms with Crippen molar-refractivity contribution in [3.8, 4) is 0 Å². The van der Waals surface area contributed by atoms with Gasteiger partial charge in [-0.25, -0.2) is 0 Å². The van der Waals surface area contributed by atoms with Crippen molar-refractivity contribution in [1.82, 2.24) is 5.32 Å². The fourth-order valence-corrected chi connectivity index (χ4v) is 2.85. The van der Waals surface area contributed by atoms with E-state index in [1.54, 1.807) is 4.90 Å². The zero-order chi connectivity index (χ0) is 18.2. The van der Waals surface area contributed by atoms with E-state index in [0.29, 0.717) is 24.5 Å². The largest absolute Gasteiger partial charge is 0.355 e. The maximum absolute atomic E-state index is 12.4. The number of carbonyl (C=O) groups excluding carboxylic acids is 2. The predicted molar refractivity (Wildman–Crippen MR) is 102 cm³/mol. The van der Waals surface area contributed by atoms with Gasteiger partial charge in [-0.2, -0.15) is 0 Å². The highest BCUT2D eigenvalue weighted by Gasteiger charge is 2.17. The normalized spacial score (nSPS) is 10.4. The van der Waals surface area contributed by atoms with E-state index in [9.17, 15) is 9.59 Å². The minimum absolute atomic E-state index is 0.155. The average Bonchev–Trinajstić information content (AvgIpc) is 2.55. The van der Waals surface area contributed by atoms with Crippen LogP contribution in [0.2, 0.25) is 5.02 Å². The molecule has 0 saturated carbocycles. The van der Waals surface area contributed by atoms with Gasteiger partial charge in [0.05, 0.1) is 0 Å². The number of nitrogens with one attached hydrogen (secondary N) is 1. The zero-order valence-electron chi connectivity index (χ0n) is 14.6. The van der Waals surface area contributed by atoms with Gasteiger partial charge in [0.15, 0.2) is 0 Å². The number of rotatable bonds is 7. The van der Waals surface area contributed by atoms with Crippen LogP contribution in [0.5, 0.6) is 0 Å². The Morgan fingerprint density at radius 3 is 2.56 bits per heavy atom. The molecule has 2 rings (SSSR count). The number of amides is 2. The highest BCUT2D eigenvalue weighted by molar-refractivity contribution is 6.30. The summed E-state index contributed by atoms with van der Waals surface area (Å²) in [4.78, 5) is 26.1. The van der Waals surface area contributed by atoms with Gasteiger partial charge in [-0.15, -0.1) is 0 Å². The summed E-state index contributed by atoms with van der Waals surface area (Å²) in [6.45, 7) is 4.88. The maximum Gasteiger partial charge on any atom is 0.236 e. The van der Waals surface area contributed by atoms with Gasteiger partial charge in [0.1, 0.15) is 6.42 Å². The molecule has 0 aliphatic heterocycles. The summed E-state index contributed by atoms with van der Waals surface area (Å²) in [6, 6.07) is 15.2. The van der Waals surface area contributed by atoms with Crippen LogP contribution in [0.15, 0.2) is 48.5 Å². The first-order chi connectivity index (χ1) is 12.0. The molecule has 5 heteroatoms. The first-order valence-electron chi connectivity index (χ1n) is 8.37. The van der Waals surface area contributed by atoms with Crippen molar-refractivity contribution in [2.45, 2.75) is 26.7 Å². The number of aryl methyl sites for hydroxylation is 1. The number of benzene rings is 2. The van der Waals surface area contributed by atoms with Crippen molar-refractivity contribution >= 4 is 29.1 Å². The van der Waals surface area contributed by atoms with Crippen LogP contribution in [0, 0.1) is 6.92 Å². The predicted octanol–water partition coefficient (Wildman–Crippen LogP) is 3.75. The van der Waals surface area contributed by atoms with Gasteiger partial charge in [0.2, 0.25) is 11.8 Å². The average molecular weight is 359 g/mol. The van der Waals surface area contributed by atoms with Crippen LogP contribution < -0.4 is 10.2 Å². The standard InChI is InChI=1S/C20H23ClN2O2/c1-3-23(18-9-4-6-15(2)12-18)20(25)14-19(24)22-11-10-16-7-5-8-17(21)13-16/h4-9,12-13H,3,10-11,14H2,1-2H3,(H,22,24). The lowest BCUT2D eigenvalue weighted by atomic mass is 10.1. The molecular formula is C20H23ClN2O2. The molecular weight excluding hydrogens is 336 g/mol. The molecule has 2 aromatic rings. The van der Waals surface area contributed by atoms with Crippen LogP contribution in [0.1, 0.15) is 24.5 Å². The summed E-state index contributed by atoms with van der Waals surface area (Å²) in [6.07, 6.45) is 0.521. The van der Waals surface area contributed by atoms with Gasteiger partial charge in [-0.3, -0.25) is 9.59 Å². The molecule has 0 unspecified atom stereocenters. The van der Waals surface area contributed by atoms with Crippen LogP contribution in [0.3, 0.4) is 0 Å². The molecule has 0 fully saturated rings. The van der Waals surface area contributed by atoms with Gasteiger partial charge < -0.3 is 10.2 Å². The first kappa shape index (κ1) is 19.0. The summed E-state index contributed by atoms with van der Waals surface area (Å²) >= 11 is 5.94.